The number of carbonyl (C=O) groups excluding carboxylic acids is 1. The van der Waals surface area contributed by atoms with E-state index in [4.69, 9.17) is 10.5 Å². The molecule has 0 saturated heterocycles. The quantitative estimate of drug-likeness (QED) is 0.404. The molecule has 2 heterocycles. The molecule has 0 aliphatic heterocycles. The second-order valence-corrected chi connectivity index (χ2v) is 8.80. The SMILES string of the molecule is CC(=O)NCCc1c(-c2ccc(Oc3ccccc3)cc2)c2c(N)ncnn2c1C1CCCC1. The molecule has 7 heteroatoms. The Morgan fingerprint density at radius 1 is 1.09 bits per heavy atom. The highest BCUT2D eigenvalue weighted by Gasteiger charge is 2.29. The fourth-order valence-electron chi connectivity index (χ4n) is 5.04. The second kappa shape index (κ2) is 9.55. The molecule has 174 valence electrons. The van der Waals surface area contributed by atoms with Crippen molar-refractivity contribution in [2.24, 2.45) is 0 Å². The molecule has 0 radical (unpaired) electrons. The number of amides is 1. The predicted octanol–water partition coefficient (Wildman–Crippen LogP) is 5.11. The van der Waals surface area contributed by atoms with Crippen LogP contribution in [-0.4, -0.2) is 27.0 Å². The number of nitrogen functional groups attached to an aromatic ring is 1. The summed E-state index contributed by atoms with van der Waals surface area (Å²) < 4.78 is 7.98. The normalized spacial score (nSPS) is 13.9. The van der Waals surface area contributed by atoms with Crippen LogP contribution in [0.4, 0.5) is 5.82 Å². The summed E-state index contributed by atoms with van der Waals surface area (Å²) in [5.41, 5.74) is 11.7. The van der Waals surface area contributed by atoms with Crippen molar-refractivity contribution in [3.05, 3.63) is 72.2 Å². The van der Waals surface area contributed by atoms with Crippen molar-refractivity contribution in [1.82, 2.24) is 19.9 Å². The number of rotatable bonds is 7. The average molecular weight is 456 g/mol. The van der Waals surface area contributed by atoms with Crippen molar-refractivity contribution in [3.8, 4) is 22.6 Å². The third-order valence-corrected chi connectivity index (χ3v) is 6.51. The van der Waals surface area contributed by atoms with Crippen LogP contribution >= 0.6 is 0 Å². The fraction of sp³-hybridized carbons (Fsp3) is 0.296. The summed E-state index contributed by atoms with van der Waals surface area (Å²) in [6.45, 7) is 2.10. The second-order valence-electron chi connectivity index (χ2n) is 8.80. The molecule has 1 fully saturated rings. The molecule has 34 heavy (non-hydrogen) atoms. The number of para-hydroxylation sites is 1. The smallest absolute Gasteiger partial charge is 0.216 e. The maximum Gasteiger partial charge on any atom is 0.216 e. The number of fused-ring (bicyclic) bond motifs is 1. The number of anilines is 1. The zero-order chi connectivity index (χ0) is 23.5. The van der Waals surface area contributed by atoms with Crippen LogP contribution in [-0.2, 0) is 11.2 Å². The maximum atomic E-state index is 11.6. The van der Waals surface area contributed by atoms with Crippen molar-refractivity contribution in [3.63, 3.8) is 0 Å². The van der Waals surface area contributed by atoms with Gasteiger partial charge in [0.15, 0.2) is 5.82 Å². The molecule has 0 spiro atoms. The molecule has 0 atom stereocenters. The Kier molecular flexibility index (Phi) is 6.16. The average Bonchev–Trinajstić information content (AvgIpc) is 3.47. The lowest BCUT2D eigenvalue weighted by molar-refractivity contribution is -0.118. The van der Waals surface area contributed by atoms with Crippen LogP contribution in [0.3, 0.4) is 0 Å². The number of hydrogen-bond donors (Lipinski definition) is 2. The van der Waals surface area contributed by atoms with Crippen LogP contribution < -0.4 is 15.8 Å². The first-order valence-corrected chi connectivity index (χ1v) is 11.8. The van der Waals surface area contributed by atoms with Crippen LogP contribution in [0.15, 0.2) is 60.9 Å². The van der Waals surface area contributed by atoms with Gasteiger partial charge in [0.25, 0.3) is 0 Å². The van der Waals surface area contributed by atoms with Gasteiger partial charge >= 0.3 is 0 Å². The lowest BCUT2D eigenvalue weighted by atomic mass is 9.93. The number of carbonyl (C=O) groups is 1. The topological polar surface area (TPSA) is 94.5 Å². The molecular weight excluding hydrogens is 426 g/mol. The largest absolute Gasteiger partial charge is 0.457 e. The molecule has 1 aliphatic rings. The molecule has 4 aromatic rings. The minimum atomic E-state index is -0.0329. The van der Waals surface area contributed by atoms with Crippen molar-refractivity contribution in [2.75, 3.05) is 12.3 Å². The van der Waals surface area contributed by atoms with Gasteiger partial charge in [-0.2, -0.15) is 5.10 Å². The van der Waals surface area contributed by atoms with Crippen LogP contribution in [0, 0.1) is 0 Å². The summed E-state index contributed by atoms with van der Waals surface area (Å²) in [5.74, 6) is 2.40. The Morgan fingerprint density at radius 3 is 2.50 bits per heavy atom. The molecule has 1 saturated carbocycles. The third-order valence-electron chi connectivity index (χ3n) is 6.51. The van der Waals surface area contributed by atoms with E-state index < -0.39 is 0 Å². The minimum absolute atomic E-state index is 0.0329. The summed E-state index contributed by atoms with van der Waals surface area (Å²) in [6.07, 6.45) is 6.92. The summed E-state index contributed by atoms with van der Waals surface area (Å²) in [4.78, 5) is 15.9. The van der Waals surface area contributed by atoms with Crippen molar-refractivity contribution < 1.29 is 9.53 Å². The van der Waals surface area contributed by atoms with Crippen LogP contribution in [0.2, 0.25) is 0 Å². The molecule has 2 aromatic heterocycles. The van der Waals surface area contributed by atoms with E-state index in [9.17, 15) is 4.79 Å². The molecule has 3 N–H and O–H groups in total. The predicted molar refractivity (Wildman–Crippen MR) is 133 cm³/mol. The number of ether oxygens (including phenoxy) is 1. The van der Waals surface area contributed by atoms with E-state index in [1.807, 2.05) is 47.0 Å². The number of aromatic nitrogens is 3. The molecule has 0 bridgehead atoms. The van der Waals surface area contributed by atoms with Crippen molar-refractivity contribution in [1.29, 1.82) is 0 Å². The molecule has 7 nitrogen and oxygen atoms in total. The number of nitrogens with zero attached hydrogens (tertiary/aromatic N) is 3. The maximum absolute atomic E-state index is 11.6. The Morgan fingerprint density at radius 2 is 1.79 bits per heavy atom. The van der Waals surface area contributed by atoms with Gasteiger partial charge in [-0.3, -0.25) is 4.79 Å². The first-order valence-electron chi connectivity index (χ1n) is 11.8. The molecule has 1 amide bonds. The molecule has 2 aromatic carbocycles. The molecule has 5 rings (SSSR count). The van der Waals surface area contributed by atoms with Gasteiger partial charge in [-0.05, 0) is 54.7 Å². The van der Waals surface area contributed by atoms with E-state index in [1.165, 1.54) is 30.4 Å². The Labute approximate surface area is 199 Å². The summed E-state index contributed by atoms with van der Waals surface area (Å²) in [6, 6.07) is 17.8. The highest BCUT2D eigenvalue weighted by molar-refractivity contribution is 5.91. The highest BCUT2D eigenvalue weighted by atomic mass is 16.5. The summed E-state index contributed by atoms with van der Waals surface area (Å²) >= 11 is 0. The lowest BCUT2D eigenvalue weighted by Crippen LogP contribution is -2.23. The summed E-state index contributed by atoms with van der Waals surface area (Å²) in [5, 5.41) is 7.57. The summed E-state index contributed by atoms with van der Waals surface area (Å²) in [7, 11) is 0. The van der Waals surface area contributed by atoms with E-state index in [0.717, 1.165) is 41.0 Å². The zero-order valence-electron chi connectivity index (χ0n) is 19.3. The number of benzene rings is 2. The molecule has 1 aliphatic carbocycles. The molecule has 0 unspecified atom stereocenters. The van der Waals surface area contributed by atoms with Gasteiger partial charge in [-0.15, -0.1) is 0 Å². The van der Waals surface area contributed by atoms with Gasteiger partial charge in [0, 0.05) is 30.6 Å². The van der Waals surface area contributed by atoms with Gasteiger partial charge in [0.05, 0.1) is 0 Å². The van der Waals surface area contributed by atoms with E-state index >= 15 is 0 Å². The van der Waals surface area contributed by atoms with Gasteiger partial charge < -0.3 is 15.8 Å². The minimum Gasteiger partial charge on any atom is -0.457 e. The van der Waals surface area contributed by atoms with Crippen molar-refractivity contribution in [2.45, 2.75) is 44.9 Å². The first kappa shape index (κ1) is 21.9. The Hall–Kier alpha value is -3.87. The molecular formula is C27H29N5O2. The van der Waals surface area contributed by atoms with Crippen LogP contribution in [0.5, 0.6) is 11.5 Å². The van der Waals surface area contributed by atoms with Gasteiger partial charge in [-0.1, -0.05) is 43.2 Å². The standard InChI is InChI=1S/C27H29N5O2/c1-18(33)29-16-15-23-24(19-11-13-22(14-12-19)34-21-9-3-2-4-10-21)26-27(28)30-17-31-32(26)25(23)20-7-5-6-8-20/h2-4,9-14,17,20H,5-8,15-16H2,1H3,(H,29,33)(H2,28,30,31). The number of hydrogen-bond acceptors (Lipinski definition) is 5. The highest BCUT2D eigenvalue weighted by Crippen LogP contribution is 2.43. The van der Waals surface area contributed by atoms with E-state index in [1.54, 1.807) is 6.92 Å². The van der Waals surface area contributed by atoms with Crippen LogP contribution in [0.25, 0.3) is 16.6 Å². The number of nitrogens with one attached hydrogen (secondary N) is 1. The zero-order valence-corrected chi connectivity index (χ0v) is 19.3. The monoisotopic (exact) mass is 455 g/mol. The van der Waals surface area contributed by atoms with Gasteiger partial charge in [0.2, 0.25) is 5.91 Å². The van der Waals surface area contributed by atoms with Crippen molar-refractivity contribution >= 4 is 17.2 Å². The van der Waals surface area contributed by atoms with E-state index in [2.05, 4.69) is 27.5 Å². The third kappa shape index (κ3) is 4.33. The number of nitrogens with two attached hydrogens (primary N) is 1. The van der Waals surface area contributed by atoms with Crippen LogP contribution in [0.1, 0.15) is 49.8 Å². The Bertz CT molecular complexity index is 1290. The van der Waals surface area contributed by atoms with Gasteiger partial charge in [0.1, 0.15) is 23.3 Å². The van der Waals surface area contributed by atoms with Gasteiger partial charge in [-0.25, -0.2) is 9.50 Å². The first-order chi connectivity index (χ1) is 16.6. The lowest BCUT2D eigenvalue weighted by Gasteiger charge is -2.14. The van der Waals surface area contributed by atoms with E-state index in [-0.39, 0.29) is 5.91 Å². The Balaban J connectivity index is 1.60. The van der Waals surface area contributed by atoms with E-state index in [0.29, 0.717) is 24.7 Å². The fourth-order valence-corrected chi connectivity index (χ4v) is 5.04.